The molecule has 2 aromatic carbocycles. The molecule has 0 bridgehead atoms. The molecule has 36 heavy (non-hydrogen) atoms. The van der Waals surface area contributed by atoms with Crippen molar-refractivity contribution in [1.29, 1.82) is 0 Å². The molecule has 1 unspecified atom stereocenters. The number of sulfonamides is 1. The van der Waals surface area contributed by atoms with Crippen molar-refractivity contribution in [3.05, 3.63) is 65.5 Å². The quantitative estimate of drug-likeness (QED) is 0.375. The number of rotatable bonds is 14. The summed E-state index contributed by atoms with van der Waals surface area (Å²) in [4.78, 5) is 27.8. The standard InChI is InChI=1S/C27H38FN3O4S/c1-5-7-18-29-27(33)25(6-2)30(20-22-12-14-23(28)15-13-22)26(32)9-8-19-31(36(4,34)35)24-16-10-21(3)11-17-24/h10-17,25H,5-9,18-20H2,1-4H3,(H,29,33). The first-order chi connectivity index (χ1) is 17.1. The Bertz CT molecular complexity index is 1090. The summed E-state index contributed by atoms with van der Waals surface area (Å²) in [7, 11) is -3.54. The molecule has 7 nitrogen and oxygen atoms in total. The van der Waals surface area contributed by atoms with Crippen molar-refractivity contribution in [2.75, 3.05) is 23.7 Å². The average Bonchev–Trinajstić information content (AvgIpc) is 2.83. The van der Waals surface area contributed by atoms with Crippen molar-refractivity contribution in [3.8, 4) is 0 Å². The van der Waals surface area contributed by atoms with Gasteiger partial charge in [0, 0.05) is 26.1 Å². The zero-order valence-electron chi connectivity index (χ0n) is 21.7. The van der Waals surface area contributed by atoms with Gasteiger partial charge >= 0.3 is 0 Å². The highest BCUT2D eigenvalue weighted by Crippen LogP contribution is 2.20. The largest absolute Gasteiger partial charge is 0.354 e. The number of carbonyl (C=O) groups is 2. The second kappa shape index (κ2) is 14.0. The molecule has 0 saturated carbocycles. The molecular weight excluding hydrogens is 481 g/mol. The van der Waals surface area contributed by atoms with E-state index in [1.807, 2.05) is 32.9 Å². The van der Waals surface area contributed by atoms with E-state index in [1.54, 1.807) is 24.3 Å². The fourth-order valence-corrected chi connectivity index (χ4v) is 4.89. The van der Waals surface area contributed by atoms with Gasteiger partial charge in [0.05, 0.1) is 11.9 Å². The minimum atomic E-state index is -3.54. The van der Waals surface area contributed by atoms with E-state index in [2.05, 4.69) is 5.32 Å². The van der Waals surface area contributed by atoms with Crippen LogP contribution in [0.1, 0.15) is 57.1 Å². The van der Waals surface area contributed by atoms with E-state index in [0.717, 1.165) is 24.7 Å². The van der Waals surface area contributed by atoms with Gasteiger partial charge in [-0.2, -0.15) is 0 Å². The number of unbranched alkanes of at least 4 members (excludes halogenated alkanes) is 1. The number of anilines is 1. The molecule has 0 aromatic heterocycles. The SMILES string of the molecule is CCCCNC(=O)C(CC)N(Cc1ccc(F)cc1)C(=O)CCCN(c1ccc(C)cc1)S(C)(=O)=O. The summed E-state index contributed by atoms with van der Waals surface area (Å²) in [5, 5.41) is 2.90. The van der Waals surface area contributed by atoms with Gasteiger partial charge in [0.25, 0.3) is 0 Å². The van der Waals surface area contributed by atoms with E-state index < -0.39 is 16.1 Å². The number of hydrogen-bond donors (Lipinski definition) is 1. The van der Waals surface area contributed by atoms with Crippen LogP contribution in [0.4, 0.5) is 10.1 Å². The molecule has 0 saturated heterocycles. The first-order valence-corrected chi connectivity index (χ1v) is 14.3. The van der Waals surface area contributed by atoms with Crippen LogP contribution in [0.2, 0.25) is 0 Å². The van der Waals surface area contributed by atoms with E-state index in [9.17, 15) is 22.4 Å². The minimum Gasteiger partial charge on any atom is -0.354 e. The Kier molecular flexibility index (Phi) is 11.4. The van der Waals surface area contributed by atoms with Gasteiger partial charge in [-0.1, -0.05) is 50.1 Å². The molecule has 9 heteroatoms. The zero-order valence-corrected chi connectivity index (χ0v) is 22.5. The predicted molar refractivity (Wildman–Crippen MR) is 142 cm³/mol. The van der Waals surface area contributed by atoms with Gasteiger partial charge in [0.15, 0.2) is 0 Å². The van der Waals surface area contributed by atoms with Gasteiger partial charge in [-0.05, 0) is 56.0 Å². The first-order valence-electron chi connectivity index (χ1n) is 12.4. The number of carbonyl (C=O) groups excluding carboxylic acids is 2. The number of halogens is 1. The fraction of sp³-hybridized carbons (Fsp3) is 0.481. The summed E-state index contributed by atoms with van der Waals surface area (Å²) in [5.41, 5.74) is 2.27. The number of nitrogens with zero attached hydrogens (tertiary/aromatic N) is 2. The minimum absolute atomic E-state index is 0.0673. The topological polar surface area (TPSA) is 86.8 Å². The summed E-state index contributed by atoms with van der Waals surface area (Å²) in [6, 6.07) is 12.3. The third kappa shape index (κ3) is 8.93. The Morgan fingerprint density at radius 1 is 1.00 bits per heavy atom. The van der Waals surface area contributed by atoms with Crippen LogP contribution < -0.4 is 9.62 Å². The third-order valence-corrected chi connectivity index (χ3v) is 7.15. The van der Waals surface area contributed by atoms with Crippen molar-refractivity contribution in [3.63, 3.8) is 0 Å². The van der Waals surface area contributed by atoms with E-state index in [4.69, 9.17) is 0 Å². The molecule has 0 radical (unpaired) electrons. The molecule has 0 aliphatic rings. The number of benzene rings is 2. The lowest BCUT2D eigenvalue weighted by Crippen LogP contribution is -2.49. The maximum atomic E-state index is 13.4. The van der Waals surface area contributed by atoms with Crippen LogP contribution in [0.3, 0.4) is 0 Å². The molecule has 2 amide bonds. The Hall–Kier alpha value is -2.94. The monoisotopic (exact) mass is 519 g/mol. The average molecular weight is 520 g/mol. The molecule has 1 atom stereocenters. The fourth-order valence-electron chi connectivity index (χ4n) is 3.93. The highest BCUT2D eigenvalue weighted by molar-refractivity contribution is 7.92. The molecule has 198 valence electrons. The Balaban J connectivity index is 2.18. The lowest BCUT2D eigenvalue weighted by atomic mass is 10.1. The van der Waals surface area contributed by atoms with Gasteiger partial charge < -0.3 is 10.2 Å². The first kappa shape index (κ1) is 29.3. The number of hydrogen-bond acceptors (Lipinski definition) is 4. The van der Waals surface area contributed by atoms with Crippen molar-refractivity contribution < 1.29 is 22.4 Å². The van der Waals surface area contributed by atoms with Gasteiger partial charge in [-0.3, -0.25) is 13.9 Å². The van der Waals surface area contributed by atoms with E-state index >= 15 is 0 Å². The normalized spacial score (nSPS) is 12.1. The second-order valence-electron chi connectivity index (χ2n) is 8.99. The lowest BCUT2D eigenvalue weighted by molar-refractivity contribution is -0.141. The lowest BCUT2D eigenvalue weighted by Gasteiger charge is -2.31. The van der Waals surface area contributed by atoms with Gasteiger partial charge in [-0.15, -0.1) is 0 Å². The smallest absolute Gasteiger partial charge is 0.242 e. The highest BCUT2D eigenvalue weighted by Gasteiger charge is 2.28. The maximum Gasteiger partial charge on any atom is 0.242 e. The van der Waals surface area contributed by atoms with Gasteiger partial charge in [-0.25, -0.2) is 12.8 Å². The molecule has 0 spiro atoms. The predicted octanol–water partition coefficient (Wildman–Crippen LogP) is 4.40. The van der Waals surface area contributed by atoms with Gasteiger partial charge in [0.1, 0.15) is 11.9 Å². The number of amides is 2. The maximum absolute atomic E-state index is 13.4. The van der Waals surface area contributed by atoms with E-state index in [0.29, 0.717) is 24.2 Å². The van der Waals surface area contributed by atoms with E-state index in [-0.39, 0.29) is 43.6 Å². The molecule has 0 aliphatic carbocycles. The van der Waals surface area contributed by atoms with E-state index in [1.165, 1.54) is 21.3 Å². The van der Waals surface area contributed by atoms with Crippen LogP contribution in [0.15, 0.2) is 48.5 Å². The third-order valence-electron chi connectivity index (χ3n) is 5.96. The van der Waals surface area contributed by atoms with Crippen molar-refractivity contribution >= 4 is 27.5 Å². The summed E-state index contributed by atoms with van der Waals surface area (Å²) in [6.07, 6.45) is 3.69. The van der Waals surface area contributed by atoms with Crippen molar-refractivity contribution in [2.24, 2.45) is 0 Å². The molecule has 0 fully saturated rings. The number of aryl methyl sites for hydroxylation is 1. The summed E-state index contributed by atoms with van der Waals surface area (Å²) >= 11 is 0. The highest BCUT2D eigenvalue weighted by atomic mass is 32.2. The van der Waals surface area contributed by atoms with Gasteiger partial charge in [0.2, 0.25) is 21.8 Å². The summed E-state index contributed by atoms with van der Waals surface area (Å²) in [6.45, 7) is 6.63. The summed E-state index contributed by atoms with van der Waals surface area (Å²) < 4.78 is 39.5. The number of nitrogens with one attached hydrogen (secondary N) is 1. The molecule has 0 heterocycles. The molecule has 2 rings (SSSR count). The van der Waals surface area contributed by atoms with Crippen LogP contribution in [0, 0.1) is 12.7 Å². The molecule has 1 N–H and O–H groups in total. The van der Waals surface area contributed by atoms with Crippen molar-refractivity contribution in [2.45, 2.75) is 65.5 Å². The second-order valence-corrected chi connectivity index (χ2v) is 10.9. The zero-order chi connectivity index (χ0) is 26.7. The Labute approximate surface area is 214 Å². The molecular formula is C27H38FN3O4S. The van der Waals surface area contributed by atoms with Crippen LogP contribution >= 0.6 is 0 Å². The van der Waals surface area contributed by atoms with Crippen LogP contribution in [-0.4, -0.2) is 50.5 Å². The molecule has 2 aromatic rings. The Morgan fingerprint density at radius 2 is 1.64 bits per heavy atom. The van der Waals surface area contributed by atoms with Crippen LogP contribution in [0.5, 0.6) is 0 Å². The summed E-state index contributed by atoms with van der Waals surface area (Å²) in [5.74, 6) is -0.856. The Morgan fingerprint density at radius 3 is 2.19 bits per heavy atom. The molecule has 0 aliphatic heterocycles. The van der Waals surface area contributed by atoms with Crippen LogP contribution in [-0.2, 0) is 26.2 Å². The van der Waals surface area contributed by atoms with Crippen molar-refractivity contribution in [1.82, 2.24) is 10.2 Å². The van der Waals surface area contributed by atoms with Crippen LogP contribution in [0.25, 0.3) is 0 Å².